The van der Waals surface area contributed by atoms with Crippen LogP contribution in [-0.2, 0) is 17.8 Å². The Bertz CT molecular complexity index is 626. The number of nitrogens with zero attached hydrogens (tertiary/aromatic N) is 1. The minimum Gasteiger partial charge on any atom is -0.376 e. The normalized spacial score (nSPS) is 13.9. The Morgan fingerprint density at radius 3 is 3.15 bits per heavy atom. The molecule has 20 heavy (non-hydrogen) atoms. The highest BCUT2D eigenvalue weighted by Crippen LogP contribution is 2.24. The molecule has 0 unspecified atom stereocenters. The van der Waals surface area contributed by atoms with E-state index in [4.69, 9.17) is 0 Å². The van der Waals surface area contributed by atoms with Gasteiger partial charge in [0.2, 0.25) is 5.91 Å². The monoisotopic (exact) mass is 290 g/mol. The van der Waals surface area contributed by atoms with Crippen molar-refractivity contribution in [3.63, 3.8) is 0 Å². The Balaban J connectivity index is 1.58. The van der Waals surface area contributed by atoms with E-state index in [2.05, 4.69) is 16.8 Å². The molecule has 104 valence electrons. The minimum atomic E-state index is -0.302. The van der Waals surface area contributed by atoms with Crippen LogP contribution in [0.3, 0.4) is 0 Å². The molecule has 0 radical (unpaired) electrons. The fourth-order valence-corrected chi connectivity index (χ4v) is 3.24. The number of nitrogens with one attached hydrogen (secondary N) is 1. The molecular weight excluding hydrogens is 275 g/mol. The summed E-state index contributed by atoms with van der Waals surface area (Å²) in [4.78, 5) is 15.4. The summed E-state index contributed by atoms with van der Waals surface area (Å²) < 4.78 is 13.0. The minimum absolute atomic E-state index is 0.0473. The molecule has 0 spiro atoms. The largest absolute Gasteiger partial charge is 0.376 e. The third-order valence-corrected chi connectivity index (χ3v) is 4.45. The van der Waals surface area contributed by atoms with Crippen LogP contribution < -0.4 is 5.32 Å². The van der Waals surface area contributed by atoms with Crippen molar-refractivity contribution in [2.24, 2.45) is 0 Å². The van der Waals surface area contributed by atoms with Crippen molar-refractivity contribution in [3.05, 3.63) is 52.0 Å². The molecular formula is C15H15FN2OS. The summed E-state index contributed by atoms with van der Waals surface area (Å²) >= 11 is 1.76. The first kappa shape index (κ1) is 13.1. The number of thiophene rings is 1. The van der Waals surface area contributed by atoms with Crippen LogP contribution in [0, 0.1) is 5.82 Å². The first-order chi connectivity index (χ1) is 9.72. The van der Waals surface area contributed by atoms with Crippen LogP contribution >= 0.6 is 11.3 Å². The van der Waals surface area contributed by atoms with Crippen molar-refractivity contribution in [1.82, 2.24) is 4.90 Å². The first-order valence-electron chi connectivity index (χ1n) is 6.55. The maximum atomic E-state index is 13.0. The number of hydrogen-bond donors (Lipinski definition) is 1. The molecule has 0 bridgehead atoms. The van der Waals surface area contributed by atoms with Gasteiger partial charge in [-0.15, -0.1) is 11.3 Å². The lowest BCUT2D eigenvalue weighted by Gasteiger charge is -2.27. The molecule has 1 aliphatic heterocycles. The van der Waals surface area contributed by atoms with Crippen molar-refractivity contribution in [2.75, 3.05) is 18.4 Å². The molecule has 3 nitrogen and oxygen atoms in total. The molecule has 5 heteroatoms. The van der Waals surface area contributed by atoms with Crippen molar-refractivity contribution >= 4 is 22.9 Å². The Kier molecular flexibility index (Phi) is 3.69. The van der Waals surface area contributed by atoms with Crippen molar-refractivity contribution in [2.45, 2.75) is 13.0 Å². The fraction of sp³-hybridized carbons (Fsp3) is 0.267. The molecule has 1 N–H and O–H groups in total. The predicted molar refractivity (Wildman–Crippen MR) is 78.3 cm³/mol. The Morgan fingerprint density at radius 1 is 1.40 bits per heavy atom. The molecule has 0 saturated carbocycles. The Hall–Kier alpha value is -1.88. The highest BCUT2D eigenvalue weighted by Gasteiger charge is 2.20. The summed E-state index contributed by atoms with van der Waals surface area (Å²) in [5.74, 6) is -0.255. The van der Waals surface area contributed by atoms with Gasteiger partial charge in [0.1, 0.15) is 5.82 Å². The molecule has 2 heterocycles. The van der Waals surface area contributed by atoms with Crippen LogP contribution in [-0.4, -0.2) is 23.9 Å². The average molecular weight is 290 g/mol. The quantitative estimate of drug-likeness (QED) is 0.942. The maximum absolute atomic E-state index is 13.0. The molecule has 0 aliphatic carbocycles. The van der Waals surface area contributed by atoms with Crippen LogP contribution in [0.15, 0.2) is 35.7 Å². The summed E-state index contributed by atoms with van der Waals surface area (Å²) in [5, 5.41) is 5.04. The smallest absolute Gasteiger partial charge is 0.242 e. The highest BCUT2D eigenvalue weighted by atomic mass is 32.1. The molecule has 0 saturated heterocycles. The molecule has 1 aliphatic rings. The van der Waals surface area contributed by atoms with E-state index in [0.717, 1.165) is 13.0 Å². The summed E-state index contributed by atoms with van der Waals surface area (Å²) in [7, 11) is 0. The van der Waals surface area contributed by atoms with Crippen LogP contribution in [0.25, 0.3) is 0 Å². The zero-order valence-electron chi connectivity index (χ0n) is 10.9. The van der Waals surface area contributed by atoms with E-state index in [0.29, 0.717) is 12.2 Å². The number of rotatable bonds is 3. The molecule has 0 atom stereocenters. The zero-order chi connectivity index (χ0) is 13.9. The highest BCUT2D eigenvalue weighted by molar-refractivity contribution is 7.10. The van der Waals surface area contributed by atoms with E-state index in [1.54, 1.807) is 23.5 Å². The van der Waals surface area contributed by atoms with E-state index >= 15 is 0 Å². The zero-order valence-corrected chi connectivity index (χ0v) is 11.8. The van der Waals surface area contributed by atoms with Crippen molar-refractivity contribution < 1.29 is 9.18 Å². The van der Waals surface area contributed by atoms with Crippen LogP contribution in [0.1, 0.15) is 10.4 Å². The SMILES string of the molecule is O=C(CNc1cccc(F)c1)N1CCc2sccc2C1. The van der Waals surface area contributed by atoms with Gasteiger partial charge in [-0.05, 0) is 41.6 Å². The second-order valence-electron chi connectivity index (χ2n) is 4.80. The molecule has 1 aromatic carbocycles. The lowest BCUT2D eigenvalue weighted by molar-refractivity contribution is -0.130. The lowest BCUT2D eigenvalue weighted by atomic mass is 10.1. The van der Waals surface area contributed by atoms with Crippen LogP contribution in [0.5, 0.6) is 0 Å². The standard InChI is InChI=1S/C15H15FN2OS/c16-12-2-1-3-13(8-12)17-9-15(19)18-6-4-14-11(10-18)5-7-20-14/h1-3,5,7-8,17H,4,6,9-10H2. The van der Waals surface area contributed by atoms with Crippen LogP contribution in [0.4, 0.5) is 10.1 Å². The summed E-state index contributed by atoms with van der Waals surface area (Å²) in [5.41, 5.74) is 1.88. The third kappa shape index (κ3) is 2.82. The number of carbonyl (C=O) groups excluding carboxylic acids is 1. The van der Waals surface area contributed by atoms with E-state index in [1.807, 2.05) is 4.90 Å². The van der Waals surface area contributed by atoms with E-state index < -0.39 is 0 Å². The van der Waals surface area contributed by atoms with Gasteiger partial charge in [0.15, 0.2) is 0 Å². The van der Waals surface area contributed by atoms with Gasteiger partial charge in [-0.2, -0.15) is 0 Å². The number of halogens is 1. The van der Waals surface area contributed by atoms with Gasteiger partial charge in [-0.3, -0.25) is 4.79 Å². The summed E-state index contributed by atoms with van der Waals surface area (Å²) in [6.45, 7) is 1.64. The third-order valence-electron chi connectivity index (χ3n) is 3.43. The topological polar surface area (TPSA) is 32.3 Å². The van der Waals surface area contributed by atoms with Gasteiger partial charge in [-0.1, -0.05) is 6.07 Å². The summed E-state index contributed by atoms with van der Waals surface area (Å²) in [6.07, 6.45) is 0.929. The van der Waals surface area contributed by atoms with Crippen LogP contribution in [0.2, 0.25) is 0 Å². The van der Waals surface area contributed by atoms with Gasteiger partial charge < -0.3 is 10.2 Å². The first-order valence-corrected chi connectivity index (χ1v) is 7.43. The number of amides is 1. The van der Waals surface area contributed by atoms with Gasteiger partial charge in [0.05, 0.1) is 6.54 Å². The number of hydrogen-bond acceptors (Lipinski definition) is 3. The van der Waals surface area contributed by atoms with Gasteiger partial charge >= 0.3 is 0 Å². The van der Waals surface area contributed by atoms with E-state index in [-0.39, 0.29) is 18.3 Å². The number of anilines is 1. The molecule has 2 aromatic rings. The van der Waals surface area contributed by atoms with Gasteiger partial charge in [0.25, 0.3) is 0 Å². The Morgan fingerprint density at radius 2 is 2.30 bits per heavy atom. The summed E-state index contributed by atoms with van der Waals surface area (Å²) in [6, 6.07) is 8.24. The average Bonchev–Trinajstić information content (AvgIpc) is 2.92. The predicted octanol–water partition coefficient (Wildman–Crippen LogP) is 2.88. The molecule has 0 fully saturated rings. The second-order valence-corrected chi connectivity index (χ2v) is 5.80. The van der Waals surface area contributed by atoms with Gasteiger partial charge in [-0.25, -0.2) is 4.39 Å². The maximum Gasteiger partial charge on any atom is 0.242 e. The van der Waals surface area contributed by atoms with Crippen molar-refractivity contribution in [1.29, 1.82) is 0 Å². The second kappa shape index (κ2) is 5.63. The number of benzene rings is 1. The van der Waals surface area contributed by atoms with E-state index in [9.17, 15) is 9.18 Å². The van der Waals surface area contributed by atoms with Gasteiger partial charge in [0, 0.05) is 23.7 Å². The molecule has 1 aromatic heterocycles. The number of fused-ring (bicyclic) bond motifs is 1. The van der Waals surface area contributed by atoms with E-state index in [1.165, 1.54) is 22.6 Å². The van der Waals surface area contributed by atoms with Crippen molar-refractivity contribution in [3.8, 4) is 0 Å². The lowest BCUT2D eigenvalue weighted by Crippen LogP contribution is -2.38. The molecule has 1 amide bonds. The number of carbonyl (C=O) groups is 1. The Labute approximate surface area is 121 Å². The fourth-order valence-electron chi connectivity index (χ4n) is 2.35. The molecule has 3 rings (SSSR count).